The molecule has 1 heterocycles. The van der Waals surface area contributed by atoms with E-state index in [2.05, 4.69) is 10.3 Å². The molecule has 0 radical (unpaired) electrons. The Bertz CT molecular complexity index is 678. The summed E-state index contributed by atoms with van der Waals surface area (Å²) in [5.41, 5.74) is 6.76. The second-order valence-corrected chi connectivity index (χ2v) is 4.52. The predicted octanol–water partition coefficient (Wildman–Crippen LogP) is 2.85. The molecule has 0 bridgehead atoms. The number of anilines is 2. The molecule has 3 N–H and O–H groups in total. The van der Waals surface area contributed by atoms with Gasteiger partial charge in [0.2, 0.25) is 11.7 Å². The fourth-order valence-electron chi connectivity index (χ4n) is 1.73. The van der Waals surface area contributed by atoms with E-state index in [1.807, 2.05) is 0 Å². The molecule has 0 atom stereocenters. The van der Waals surface area contributed by atoms with Crippen LogP contribution in [0, 0.1) is 10.1 Å². The van der Waals surface area contributed by atoms with Gasteiger partial charge in [-0.2, -0.15) is 4.98 Å². The summed E-state index contributed by atoms with van der Waals surface area (Å²) in [5, 5.41) is 14.5. The Hall–Kier alpha value is -2.38. The van der Waals surface area contributed by atoms with E-state index < -0.39 is 4.92 Å². The molecule has 0 amide bonds. The van der Waals surface area contributed by atoms with Crippen LogP contribution in [0.1, 0.15) is 5.56 Å². The summed E-state index contributed by atoms with van der Waals surface area (Å²) in [6.07, 6.45) is 0. The van der Waals surface area contributed by atoms with Gasteiger partial charge >= 0.3 is 5.69 Å². The predicted molar refractivity (Wildman–Crippen MR) is 80.1 cm³/mol. The van der Waals surface area contributed by atoms with Crippen LogP contribution in [0.2, 0.25) is 5.02 Å². The monoisotopic (exact) mass is 308 g/mol. The lowest BCUT2D eigenvalue weighted by Crippen LogP contribution is -2.03. The molecular formula is C13H13ClN4O3. The Morgan fingerprint density at radius 3 is 2.81 bits per heavy atom. The third-order valence-electron chi connectivity index (χ3n) is 2.78. The number of aromatic nitrogens is 1. The molecule has 7 nitrogen and oxygen atoms in total. The number of rotatable bonds is 5. The fraction of sp³-hybridized carbons (Fsp3) is 0.154. The molecule has 0 aliphatic carbocycles. The largest absolute Gasteiger partial charge is 0.481 e. The van der Waals surface area contributed by atoms with Crippen LogP contribution in [-0.4, -0.2) is 17.0 Å². The van der Waals surface area contributed by atoms with Crippen LogP contribution in [0.4, 0.5) is 17.2 Å². The third-order valence-corrected chi connectivity index (χ3v) is 3.15. The molecule has 0 unspecified atom stereocenters. The zero-order valence-electron chi connectivity index (χ0n) is 11.2. The topological polar surface area (TPSA) is 103 Å². The number of hydrogen-bond donors (Lipinski definition) is 2. The van der Waals surface area contributed by atoms with Gasteiger partial charge in [-0.25, -0.2) is 0 Å². The molecule has 8 heteroatoms. The van der Waals surface area contributed by atoms with Crippen molar-refractivity contribution in [3.05, 3.63) is 51.0 Å². The molecule has 0 aliphatic heterocycles. The Kier molecular flexibility index (Phi) is 4.56. The molecule has 2 rings (SSSR count). The second kappa shape index (κ2) is 6.38. The lowest BCUT2D eigenvalue weighted by molar-refractivity contribution is -0.384. The highest BCUT2D eigenvalue weighted by Crippen LogP contribution is 2.29. The number of nitrogens with zero attached hydrogens (tertiary/aromatic N) is 2. The molecular weight excluding hydrogens is 296 g/mol. The van der Waals surface area contributed by atoms with Crippen LogP contribution in [0.3, 0.4) is 0 Å². The number of halogens is 1. The van der Waals surface area contributed by atoms with E-state index in [0.29, 0.717) is 10.7 Å². The number of hydrogen-bond acceptors (Lipinski definition) is 6. The lowest BCUT2D eigenvalue weighted by atomic mass is 10.2. The van der Waals surface area contributed by atoms with E-state index in [0.717, 1.165) is 5.56 Å². The van der Waals surface area contributed by atoms with Gasteiger partial charge in [0.15, 0.2) is 0 Å². The molecule has 0 fully saturated rings. The maximum atomic E-state index is 11.0. The van der Waals surface area contributed by atoms with Crippen LogP contribution in [0.15, 0.2) is 30.3 Å². The van der Waals surface area contributed by atoms with Gasteiger partial charge < -0.3 is 15.8 Å². The quantitative estimate of drug-likeness (QED) is 0.650. The highest BCUT2D eigenvalue weighted by Gasteiger charge is 2.17. The van der Waals surface area contributed by atoms with Gasteiger partial charge in [-0.15, -0.1) is 0 Å². The minimum absolute atomic E-state index is 0.0876. The Morgan fingerprint density at radius 1 is 1.43 bits per heavy atom. The van der Waals surface area contributed by atoms with E-state index in [-0.39, 0.29) is 23.9 Å². The van der Waals surface area contributed by atoms with Gasteiger partial charge in [-0.1, -0.05) is 11.6 Å². The number of nitro groups is 1. The molecule has 1 aromatic heterocycles. The van der Waals surface area contributed by atoms with Gasteiger partial charge in [0.05, 0.1) is 12.0 Å². The van der Waals surface area contributed by atoms with Crippen molar-refractivity contribution in [1.82, 2.24) is 4.98 Å². The molecule has 1 aromatic carbocycles. The van der Waals surface area contributed by atoms with Crippen molar-refractivity contribution in [2.75, 3.05) is 12.4 Å². The van der Waals surface area contributed by atoms with Gasteiger partial charge in [-0.05, 0) is 23.8 Å². The summed E-state index contributed by atoms with van der Waals surface area (Å²) in [5.74, 6) is 0.362. The van der Waals surface area contributed by atoms with Crippen molar-refractivity contribution in [2.24, 2.45) is 5.73 Å². The Balaban J connectivity index is 2.40. The number of methoxy groups -OCH3 is 1. The number of ether oxygens (including phenoxy) is 1. The first-order valence-electron chi connectivity index (χ1n) is 6.00. The highest BCUT2D eigenvalue weighted by molar-refractivity contribution is 6.31. The summed E-state index contributed by atoms with van der Waals surface area (Å²) in [6, 6.07) is 7.82. The lowest BCUT2D eigenvalue weighted by Gasteiger charge is -2.09. The molecule has 110 valence electrons. The fourth-order valence-corrected chi connectivity index (χ4v) is 1.93. The maximum Gasteiger partial charge on any atom is 0.311 e. The first-order chi connectivity index (χ1) is 10.0. The average molecular weight is 309 g/mol. The highest BCUT2D eigenvalue weighted by atomic mass is 35.5. The zero-order valence-corrected chi connectivity index (χ0v) is 11.9. The van der Waals surface area contributed by atoms with E-state index >= 15 is 0 Å². The number of benzene rings is 1. The maximum absolute atomic E-state index is 11.0. The molecule has 0 aliphatic rings. The summed E-state index contributed by atoms with van der Waals surface area (Å²) in [7, 11) is 1.44. The first kappa shape index (κ1) is 15.0. The van der Waals surface area contributed by atoms with Crippen LogP contribution < -0.4 is 15.8 Å². The van der Waals surface area contributed by atoms with Crippen LogP contribution in [0.5, 0.6) is 5.88 Å². The Morgan fingerprint density at radius 2 is 2.19 bits per heavy atom. The van der Waals surface area contributed by atoms with Crippen molar-refractivity contribution < 1.29 is 9.66 Å². The molecule has 2 aromatic rings. The van der Waals surface area contributed by atoms with E-state index in [1.165, 1.54) is 19.2 Å². The minimum Gasteiger partial charge on any atom is -0.481 e. The molecule has 0 spiro atoms. The summed E-state index contributed by atoms with van der Waals surface area (Å²) in [4.78, 5) is 14.6. The van der Waals surface area contributed by atoms with E-state index in [9.17, 15) is 10.1 Å². The van der Waals surface area contributed by atoms with Gasteiger partial charge in [-0.3, -0.25) is 10.1 Å². The summed E-state index contributed by atoms with van der Waals surface area (Å²) >= 11 is 5.98. The number of nitrogens with two attached hydrogens (primary N) is 1. The molecule has 0 saturated heterocycles. The number of pyridine rings is 1. The van der Waals surface area contributed by atoms with Crippen LogP contribution in [0.25, 0.3) is 0 Å². The van der Waals surface area contributed by atoms with Crippen molar-refractivity contribution in [2.45, 2.75) is 6.54 Å². The summed E-state index contributed by atoms with van der Waals surface area (Å²) in [6.45, 7) is 0.266. The van der Waals surface area contributed by atoms with Crippen LogP contribution in [-0.2, 0) is 6.54 Å². The summed E-state index contributed by atoms with van der Waals surface area (Å²) < 4.78 is 4.98. The Labute approximate surface area is 125 Å². The second-order valence-electron chi connectivity index (χ2n) is 4.11. The van der Waals surface area contributed by atoms with Crippen LogP contribution >= 0.6 is 11.6 Å². The van der Waals surface area contributed by atoms with Crippen molar-refractivity contribution in [1.29, 1.82) is 0 Å². The molecule has 0 saturated carbocycles. The standard InChI is InChI=1S/C13H13ClN4O3/c1-21-12-5-4-11(18(19)20)13(17-12)16-9-2-3-10(14)8(6-9)7-15/h2-6H,7,15H2,1H3,(H,16,17). The minimum atomic E-state index is -0.519. The van der Waals surface area contributed by atoms with Gasteiger partial charge in [0.25, 0.3) is 0 Å². The number of nitrogens with one attached hydrogen (secondary N) is 1. The van der Waals surface area contributed by atoms with E-state index in [4.69, 9.17) is 22.1 Å². The van der Waals surface area contributed by atoms with Crippen molar-refractivity contribution in [3.8, 4) is 5.88 Å². The van der Waals surface area contributed by atoms with Gasteiger partial charge in [0, 0.05) is 29.4 Å². The average Bonchev–Trinajstić information content (AvgIpc) is 2.48. The van der Waals surface area contributed by atoms with Gasteiger partial charge in [0.1, 0.15) is 0 Å². The zero-order chi connectivity index (χ0) is 15.4. The smallest absolute Gasteiger partial charge is 0.311 e. The SMILES string of the molecule is COc1ccc([N+](=O)[O-])c(Nc2ccc(Cl)c(CN)c2)n1. The first-order valence-corrected chi connectivity index (χ1v) is 6.38. The van der Waals surface area contributed by atoms with Crippen molar-refractivity contribution in [3.63, 3.8) is 0 Å². The molecule has 21 heavy (non-hydrogen) atoms. The third kappa shape index (κ3) is 3.39. The van der Waals surface area contributed by atoms with Crippen molar-refractivity contribution >= 4 is 28.8 Å². The normalized spacial score (nSPS) is 10.2. The van der Waals surface area contributed by atoms with E-state index in [1.54, 1.807) is 18.2 Å².